The van der Waals surface area contributed by atoms with E-state index in [0.29, 0.717) is 6.04 Å². The quantitative estimate of drug-likeness (QED) is 0.625. The van der Waals surface area contributed by atoms with E-state index in [0.717, 1.165) is 19.4 Å². The fourth-order valence-electron chi connectivity index (χ4n) is 2.79. The highest BCUT2D eigenvalue weighted by molar-refractivity contribution is 4.89. The Morgan fingerprint density at radius 3 is 2.38 bits per heavy atom. The molecule has 13 heavy (non-hydrogen) atoms. The van der Waals surface area contributed by atoms with Gasteiger partial charge in [-0.25, -0.2) is 0 Å². The minimum absolute atomic E-state index is 0.189. The summed E-state index contributed by atoms with van der Waals surface area (Å²) in [6.45, 7) is 0.890. The van der Waals surface area contributed by atoms with Gasteiger partial charge in [0.25, 0.3) is 0 Å². The Morgan fingerprint density at radius 1 is 1.08 bits per heavy atom. The fraction of sp³-hybridized carbons (Fsp3) is 1.00. The van der Waals surface area contributed by atoms with Crippen molar-refractivity contribution in [2.75, 3.05) is 6.61 Å². The molecule has 0 amide bonds. The van der Waals surface area contributed by atoms with Crippen molar-refractivity contribution in [2.45, 2.75) is 63.0 Å². The summed E-state index contributed by atoms with van der Waals surface area (Å²) in [5, 5.41) is 0. The highest BCUT2D eigenvalue weighted by atomic mass is 16.5. The van der Waals surface area contributed by atoms with Crippen molar-refractivity contribution in [2.24, 2.45) is 5.73 Å². The van der Waals surface area contributed by atoms with Crippen LogP contribution in [0.4, 0.5) is 0 Å². The van der Waals surface area contributed by atoms with Gasteiger partial charge in [0.15, 0.2) is 0 Å². The second-order valence-electron chi connectivity index (χ2n) is 4.70. The van der Waals surface area contributed by atoms with Gasteiger partial charge in [-0.05, 0) is 25.7 Å². The first-order chi connectivity index (χ1) is 6.31. The summed E-state index contributed by atoms with van der Waals surface area (Å²) in [5.74, 6) is 0. The van der Waals surface area contributed by atoms with Gasteiger partial charge in [-0.3, -0.25) is 0 Å². The zero-order valence-corrected chi connectivity index (χ0v) is 8.43. The third kappa shape index (κ3) is 2.23. The predicted molar refractivity (Wildman–Crippen MR) is 53.6 cm³/mol. The third-order valence-electron chi connectivity index (χ3n) is 3.55. The summed E-state index contributed by atoms with van der Waals surface area (Å²) >= 11 is 0. The Morgan fingerprint density at radius 2 is 1.77 bits per heavy atom. The Hall–Kier alpha value is -0.0800. The molecule has 76 valence electrons. The second-order valence-corrected chi connectivity index (χ2v) is 4.70. The molecule has 2 fully saturated rings. The molecule has 0 radical (unpaired) electrons. The van der Waals surface area contributed by atoms with E-state index in [1.165, 1.54) is 38.5 Å². The summed E-state index contributed by atoms with van der Waals surface area (Å²) in [6.07, 6.45) is 10.1. The molecule has 2 rings (SSSR count). The summed E-state index contributed by atoms with van der Waals surface area (Å²) in [6, 6.07) is 0.395. The molecule has 0 aromatic heterocycles. The van der Waals surface area contributed by atoms with Gasteiger partial charge in [0.05, 0.1) is 5.60 Å². The van der Waals surface area contributed by atoms with Crippen LogP contribution in [0.15, 0.2) is 0 Å². The molecule has 2 nitrogen and oxygen atoms in total. The fourth-order valence-corrected chi connectivity index (χ4v) is 2.79. The van der Waals surface area contributed by atoms with Crippen LogP contribution in [-0.2, 0) is 4.74 Å². The average Bonchev–Trinajstić information content (AvgIpc) is 2.31. The number of hydrogen-bond donors (Lipinski definition) is 1. The summed E-state index contributed by atoms with van der Waals surface area (Å²) in [5.41, 5.74) is 6.20. The topological polar surface area (TPSA) is 35.2 Å². The lowest BCUT2D eigenvalue weighted by molar-refractivity contribution is -0.0931. The average molecular weight is 183 g/mol. The van der Waals surface area contributed by atoms with Crippen molar-refractivity contribution in [3.8, 4) is 0 Å². The van der Waals surface area contributed by atoms with Crippen LogP contribution in [0.2, 0.25) is 0 Å². The predicted octanol–water partition coefficient (Wildman–Crippen LogP) is 2.22. The molecule has 2 heteroatoms. The smallest absolute Gasteiger partial charge is 0.0697 e. The molecular formula is C11H21NO. The zero-order chi connectivity index (χ0) is 9.15. The molecule has 0 aromatic carbocycles. The van der Waals surface area contributed by atoms with E-state index < -0.39 is 0 Å². The molecule has 1 unspecified atom stereocenters. The van der Waals surface area contributed by atoms with Crippen LogP contribution < -0.4 is 5.73 Å². The van der Waals surface area contributed by atoms with Crippen LogP contribution in [0, 0.1) is 0 Å². The largest absolute Gasteiger partial charge is 0.375 e. The standard InChI is InChI=1S/C11H21NO/c12-10-5-8-13-11(9-10)6-3-1-2-4-7-11/h10H,1-9,12H2. The van der Waals surface area contributed by atoms with E-state index in [1.54, 1.807) is 0 Å². The zero-order valence-electron chi connectivity index (χ0n) is 8.43. The van der Waals surface area contributed by atoms with Gasteiger partial charge in [-0.1, -0.05) is 25.7 Å². The Labute approximate surface area is 80.8 Å². The molecule has 1 aliphatic heterocycles. The van der Waals surface area contributed by atoms with Gasteiger partial charge in [-0.15, -0.1) is 0 Å². The van der Waals surface area contributed by atoms with Gasteiger partial charge in [0, 0.05) is 12.6 Å². The molecule has 1 spiro atoms. The maximum Gasteiger partial charge on any atom is 0.0697 e. The maximum atomic E-state index is 6.01. The van der Waals surface area contributed by atoms with Gasteiger partial charge in [-0.2, -0.15) is 0 Å². The molecular weight excluding hydrogens is 162 g/mol. The van der Waals surface area contributed by atoms with Crippen molar-refractivity contribution < 1.29 is 4.74 Å². The normalized spacial score (nSPS) is 34.4. The van der Waals surface area contributed by atoms with Gasteiger partial charge < -0.3 is 10.5 Å². The van der Waals surface area contributed by atoms with Crippen molar-refractivity contribution in [3.63, 3.8) is 0 Å². The van der Waals surface area contributed by atoms with Crippen LogP contribution in [0.3, 0.4) is 0 Å². The van der Waals surface area contributed by atoms with Gasteiger partial charge in [0.1, 0.15) is 0 Å². The number of nitrogens with two attached hydrogens (primary N) is 1. The van der Waals surface area contributed by atoms with Crippen molar-refractivity contribution in [1.82, 2.24) is 0 Å². The molecule has 1 atom stereocenters. The van der Waals surface area contributed by atoms with Crippen LogP contribution in [0.25, 0.3) is 0 Å². The second kappa shape index (κ2) is 3.97. The van der Waals surface area contributed by atoms with E-state index in [-0.39, 0.29) is 5.60 Å². The number of hydrogen-bond acceptors (Lipinski definition) is 2. The Bertz CT molecular complexity index is 161. The first-order valence-electron chi connectivity index (χ1n) is 5.70. The molecule has 1 saturated carbocycles. The lowest BCUT2D eigenvalue weighted by Crippen LogP contribution is -2.44. The molecule has 2 N–H and O–H groups in total. The minimum atomic E-state index is 0.189. The van der Waals surface area contributed by atoms with E-state index in [4.69, 9.17) is 10.5 Å². The molecule has 0 bridgehead atoms. The van der Waals surface area contributed by atoms with Crippen LogP contribution >= 0.6 is 0 Å². The summed E-state index contributed by atoms with van der Waals surface area (Å²) in [4.78, 5) is 0. The lowest BCUT2D eigenvalue weighted by Gasteiger charge is -2.39. The summed E-state index contributed by atoms with van der Waals surface area (Å²) in [7, 11) is 0. The lowest BCUT2D eigenvalue weighted by atomic mass is 9.84. The van der Waals surface area contributed by atoms with Crippen LogP contribution in [0.1, 0.15) is 51.4 Å². The van der Waals surface area contributed by atoms with E-state index in [1.807, 2.05) is 0 Å². The molecule has 1 aliphatic carbocycles. The van der Waals surface area contributed by atoms with E-state index in [2.05, 4.69) is 0 Å². The highest BCUT2D eigenvalue weighted by Crippen LogP contribution is 2.36. The van der Waals surface area contributed by atoms with Gasteiger partial charge in [0.2, 0.25) is 0 Å². The summed E-state index contributed by atoms with van der Waals surface area (Å²) < 4.78 is 5.98. The van der Waals surface area contributed by atoms with Gasteiger partial charge >= 0.3 is 0 Å². The van der Waals surface area contributed by atoms with Crippen LogP contribution in [0.5, 0.6) is 0 Å². The number of ether oxygens (including phenoxy) is 1. The Kier molecular flexibility index (Phi) is 2.89. The minimum Gasteiger partial charge on any atom is -0.375 e. The van der Waals surface area contributed by atoms with Crippen molar-refractivity contribution >= 4 is 0 Å². The molecule has 1 saturated heterocycles. The third-order valence-corrected chi connectivity index (χ3v) is 3.55. The maximum absolute atomic E-state index is 6.01. The first kappa shape index (κ1) is 9.47. The SMILES string of the molecule is NC1CCOC2(CCCCCC2)C1. The van der Waals surface area contributed by atoms with Crippen LogP contribution in [-0.4, -0.2) is 18.2 Å². The van der Waals surface area contributed by atoms with E-state index in [9.17, 15) is 0 Å². The first-order valence-corrected chi connectivity index (χ1v) is 5.70. The van der Waals surface area contributed by atoms with Crippen molar-refractivity contribution in [1.29, 1.82) is 0 Å². The number of rotatable bonds is 0. The van der Waals surface area contributed by atoms with Crippen molar-refractivity contribution in [3.05, 3.63) is 0 Å². The highest BCUT2D eigenvalue weighted by Gasteiger charge is 2.36. The Balaban J connectivity index is 1.99. The molecule has 2 aliphatic rings. The monoisotopic (exact) mass is 183 g/mol. The molecule has 1 heterocycles. The van der Waals surface area contributed by atoms with E-state index >= 15 is 0 Å². The molecule has 0 aromatic rings.